The van der Waals surface area contributed by atoms with E-state index in [1.54, 1.807) is 29.8 Å². The number of nitrogens with one attached hydrogen (secondary N) is 1. The summed E-state index contributed by atoms with van der Waals surface area (Å²) in [5.41, 5.74) is 0.644. The van der Waals surface area contributed by atoms with Crippen LogP contribution in [0, 0.1) is 0 Å². The van der Waals surface area contributed by atoms with Crippen LogP contribution < -0.4 is 10.1 Å². The summed E-state index contributed by atoms with van der Waals surface area (Å²) < 4.78 is 46.0. The smallest absolute Gasteiger partial charge is 0.426 e. The van der Waals surface area contributed by atoms with Gasteiger partial charge in [0.2, 0.25) is 0 Å². The lowest BCUT2D eigenvalue weighted by Crippen LogP contribution is -2.09. The number of nitrogens with zero attached hydrogens (tertiary/aromatic N) is 3. The molecule has 1 fully saturated rings. The van der Waals surface area contributed by atoms with Gasteiger partial charge in [0, 0.05) is 19.0 Å². The summed E-state index contributed by atoms with van der Waals surface area (Å²) in [4.78, 5) is 19.1. The monoisotopic (exact) mass is 376 g/mol. The summed E-state index contributed by atoms with van der Waals surface area (Å²) in [7, 11) is 1.67. The molecule has 2 heterocycles. The number of aromatic nitrogens is 3. The zero-order chi connectivity index (χ0) is 19.2. The number of imidazole rings is 1. The van der Waals surface area contributed by atoms with E-state index in [0.29, 0.717) is 29.2 Å². The Labute approximate surface area is 152 Å². The first kappa shape index (κ1) is 17.3. The average molecular weight is 376 g/mol. The van der Waals surface area contributed by atoms with Crippen molar-refractivity contribution in [3.63, 3.8) is 0 Å². The zero-order valence-corrected chi connectivity index (χ0v) is 14.2. The van der Waals surface area contributed by atoms with Crippen LogP contribution in [0.1, 0.15) is 30.3 Å². The molecule has 0 saturated heterocycles. The van der Waals surface area contributed by atoms with Crippen LogP contribution in [0.4, 0.5) is 18.9 Å². The van der Waals surface area contributed by atoms with Gasteiger partial charge < -0.3 is 10.1 Å². The van der Waals surface area contributed by atoms with E-state index < -0.39 is 11.9 Å². The first-order chi connectivity index (χ1) is 12.9. The van der Waals surface area contributed by atoms with Gasteiger partial charge in [0.15, 0.2) is 11.4 Å². The molecule has 3 aromatic rings. The molecule has 0 atom stereocenters. The lowest BCUT2D eigenvalue weighted by atomic mass is 10.2. The molecule has 0 bridgehead atoms. The van der Waals surface area contributed by atoms with Crippen LogP contribution in [0.25, 0.3) is 16.9 Å². The molecule has 0 spiro atoms. The number of pyridine rings is 1. The zero-order valence-electron chi connectivity index (χ0n) is 14.2. The fourth-order valence-electron chi connectivity index (χ4n) is 3.01. The third-order valence-electron chi connectivity index (χ3n) is 4.43. The third kappa shape index (κ3) is 3.09. The number of hydrogen-bond acceptors (Lipinski definition) is 5. The highest BCUT2D eigenvalue weighted by Gasteiger charge is 2.35. The topological polar surface area (TPSA) is 69.0 Å². The molecular formula is C18H15F3N4O2. The van der Waals surface area contributed by atoms with Crippen LogP contribution in [0.2, 0.25) is 0 Å². The highest BCUT2D eigenvalue weighted by Crippen LogP contribution is 2.42. The van der Waals surface area contributed by atoms with E-state index in [4.69, 9.17) is 4.74 Å². The summed E-state index contributed by atoms with van der Waals surface area (Å²) >= 11 is 0. The first-order valence-corrected chi connectivity index (χ1v) is 8.31. The molecule has 0 radical (unpaired) electrons. The van der Waals surface area contributed by atoms with Crippen molar-refractivity contribution >= 4 is 23.3 Å². The van der Waals surface area contributed by atoms with Gasteiger partial charge in [0.05, 0.1) is 11.4 Å². The molecular weight excluding hydrogens is 361 g/mol. The number of carbonyl (C=O) groups excluding carboxylic acids is 1. The summed E-state index contributed by atoms with van der Waals surface area (Å²) in [6, 6.07) is 7.25. The molecule has 0 aliphatic heterocycles. The molecule has 1 saturated carbocycles. The number of benzene rings is 1. The highest BCUT2D eigenvalue weighted by atomic mass is 19.4. The Morgan fingerprint density at radius 2 is 2.00 bits per heavy atom. The number of carbonyl (C=O) groups is 1. The highest BCUT2D eigenvalue weighted by molar-refractivity contribution is 5.76. The quantitative estimate of drug-likeness (QED) is 0.684. The molecule has 2 aromatic heterocycles. The molecule has 6 nitrogen and oxygen atoms in total. The normalized spacial score (nSPS) is 14.4. The molecule has 1 N–H and O–H groups in total. The van der Waals surface area contributed by atoms with Gasteiger partial charge in [-0.25, -0.2) is 9.97 Å². The first-order valence-electron chi connectivity index (χ1n) is 8.31. The predicted molar refractivity (Wildman–Crippen MR) is 92.1 cm³/mol. The summed E-state index contributed by atoms with van der Waals surface area (Å²) in [5, 5.41) is 2.90. The van der Waals surface area contributed by atoms with Crippen LogP contribution >= 0.6 is 0 Å². The third-order valence-corrected chi connectivity index (χ3v) is 4.43. The number of ether oxygens (including phenoxy) is 1. The van der Waals surface area contributed by atoms with E-state index >= 15 is 0 Å². The summed E-state index contributed by atoms with van der Waals surface area (Å²) in [5.74, 6) is 1.10. The van der Waals surface area contributed by atoms with Crippen LogP contribution in [0.15, 0.2) is 30.3 Å². The number of anilines is 1. The van der Waals surface area contributed by atoms with Gasteiger partial charge >= 0.3 is 6.18 Å². The predicted octanol–water partition coefficient (Wildman–Crippen LogP) is 3.89. The largest absolute Gasteiger partial charge is 0.433 e. The van der Waals surface area contributed by atoms with Crippen LogP contribution in [-0.2, 0) is 11.0 Å². The molecule has 140 valence electrons. The van der Waals surface area contributed by atoms with Crippen molar-refractivity contribution in [1.29, 1.82) is 0 Å². The minimum absolute atomic E-state index is 0.126. The Morgan fingerprint density at radius 1 is 1.22 bits per heavy atom. The van der Waals surface area contributed by atoms with E-state index in [0.717, 1.165) is 18.9 Å². The molecule has 1 aromatic carbocycles. The number of halogens is 3. The van der Waals surface area contributed by atoms with Gasteiger partial charge in [-0.3, -0.25) is 9.36 Å². The van der Waals surface area contributed by atoms with E-state index in [2.05, 4.69) is 15.3 Å². The summed E-state index contributed by atoms with van der Waals surface area (Å²) in [6.45, 7) is 0.299. The number of hydrogen-bond donors (Lipinski definition) is 1. The van der Waals surface area contributed by atoms with Gasteiger partial charge in [-0.1, -0.05) is 0 Å². The fraction of sp³-hybridized carbons (Fsp3) is 0.278. The molecule has 27 heavy (non-hydrogen) atoms. The van der Waals surface area contributed by atoms with Crippen molar-refractivity contribution in [2.45, 2.75) is 24.9 Å². The Balaban J connectivity index is 1.95. The van der Waals surface area contributed by atoms with Gasteiger partial charge in [0.1, 0.15) is 17.0 Å². The van der Waals surface area contributed by atoms with Gasteiger partial charge in [-0.2, -0.15) is 13.2 Å². The Bertz CT molecular complexity index is 1030. The molecule has 4 rings (SSSR count). The van der Waals surface area contributed by atoms with Crippen molar-refractivity contribution in [1.82, 2.24) is 14.5 Å². The molecule has 0 unspecified atom stereocenters. The maximum Gasteiger partial charge on any atom is 0.433 e. The number of fused-ring (bicyclic) bond motifs is 1. The lowest BCUT2D eigenvalue weighted by Gasteiger charge is -2.13. The average Bonchev–Trinajstić information content (AvgIpc) is 3.41. The van der Waals surface area contributed by atoms with E-state index in [1.165, 1.54) is 6.07 Å². The number of rotatable bonds is 5. The van der Waals surface area contributed by atoms with Crippen molar-refractivity contribution in [3.05, 3.63) is 41.9 Å². The Kier molecular flexibility index (Phi) is 4.01. The standard InChI is InChI=1S/C18H15F3N4O2/c1-22-12-5-4-11(8-14(12)27-9-26)25-16(10-2-3-10)23-13-6-7-15(18(19,20)21)24-17(13)25/h4-10,22H,2-3H2,1H3. The van der Waals surface area contributed by atoms with Crippen molar-refractivity contribution < 1.29 is 22.7 Å². The minimum Gasteiger partial charge on any atom is -0.426 e. The second kappa shape index (κ2) is 6.26. The molecule has 0 amide bonds. The van der Waals surface area contributed by atoms with Crippen molar-refractivity contribution in [2.24, 2.45) is 0 Å². The molecule has 9 heteroatoms. The lowest BCUT2D eigenvalue weighted by molar-refractivity contribution is -0.141. The van der Waals surface area contributed by atoms with Crippen LogP contribution in [0.5, 0.6) is 5.75 Å². The van der Waals surface area contributed by atoms with Crippen LogP contribution in [0.3, 0.4) is 0 Å². The molecule has 1 aliphatic carbocycles. The van der Waals surface area contributed by atoms with E-state index in [-0.39, 0.29) is 17.3 Å². The van der Waals surface area contributed by atoms with Crippen LogP contribution in [-0.4, -0.2) is 28.1 Å². The summed E-state index contributed by atoms with van der Waals surface area (Å²) in [6.07, 6.45) is -2.71. The minimum atomic E-state index is -4.55. The Morgan fingerprint density at radius 3 is 2.63 bits per heavy atom. The Hall–Kier alpha value is -3.10. The van der Waals surface area contributed by atoms with E-state index in [1.807, 2.05) is 0 Å². The second-order valence-electron chi connectivity index (χ2n) is 6.26. The maximum atomic E-state index is 13.1. The van der Waals surface area contributed by atoms with E-state index in [9.17, 15) is 18.0 Å². The second-order valence-corrected chi connectivity index (χ2v) is 6.26. The SMILES string of the molecule is CNc1ccc(-n2c(C3CC3)nc3ccc(C(F)(F)F)nc32)cc1OC=O. The number of alkyl halides is 3. The van der Waals surface area contributed by atoms with Gasteiger partial charge in [-0.15, -0.1) is 0 Å². The fourth-order valence-corrected chi connectivity index (χ4v) is 3.01. The maximum absolute atomic E-state index is 13.1. The van der Waals surface area contributed by atoms with Gasteiger partial charge in [0.25, 0.3) is 6.47 Å². The van der Waals surface area contributed by atoms with Crippen molar-refractivity contribution in [3.8, 4) is 11.4 Å². The van der Waals surface area contributed by atoms with Crippen molar-refractivity contribution in [2.75, 3.05) is 12.4 Å². The van der Waals surface area contributed by atoms with Gasteiger partial charge in [-0.05, 0) is 37.1 Å². The molecule has 1 aliphatic rings.